The van der Waals surface area contributed by atoms with Crippen LogP contribution in [0.5, 0.6) is 0 Å². The molecule has 0 radical (unpaired) electrons. The Bertz CT molecular complexity index is 771. The van der Waals surface area contributed by atoms with Crippen molar-refractivity contribution in [3.63, 3.8) is 0 Å². The highest BCUT2D eigenvalue weighted by Crippen LogP contribution is 2.43. The van der Waals surface area contributed by atoms with Gasteiger partial charge in [-0.1, -0.05) is 64.3 Å². The van der Waals surface area contributed by atoms with Gasteiger partial charge in [-0.05, 0) is 50.7 Å². The van der Waals surface area contributed by atoms with Crippen LogP contribution in [0.15, 0.2) is 24.3 Å². The fourth-order valence-corrected chi connectivity index (χ4v) is 4.90. The summed E-state index contributed by atoms with van der Waals surface area (Å²) in [7, 11) is 0. The highest BCUT2D eigenvalue weighted by atomic mass is 16.8. The Labute approximate surface area is 199 Å². The van der Waals surface area contributed by atoms with E-state index in [2.05, 4.69) is 45.0 Å². The Morgan fingerprint density at radius 3 is 2.42 bits per heavy atom. The Hall–Kier alpha value is -1.02. The molecule has 0 aliphatic carbocycles. The first kappa shape index (κ1) is 25.1. The molecule has 4 rings (SSSR count). The Kier molecular flexibility index (Phi) is 8.14. The van der Waals surface area contributed by atoms with Gasteiger partial charge in [0.2, 0.25) is 0 Å². The lowest BCUT2D eigenvalue weighted by Crippen LogP contribution is -2.44. The number of rotatable bonds is 11. The van der Waals surface area contributed by atoms with Gasteiger partial charge in [0, 0.05) is 0 Å². The van der Waals surface area contributed by atoms with Crippen molar-refractivity contribution in [3.8, 4) is 0 Å². The number of unbranched alkanes of at least 4 members (excludes halogenated alkanes) is 3. The molecule has 3 heterocycles. The first-order chi connectivity index (χ1) is 15.9. The van der Waals surface area contributed by atoms with Crippen LogP contribution in [0.4, 0.5) is 0 Å². The molecule has 2 unspecified atom stereocenters. The van der Waals surface area contributed by atoms with Crippen LogP contribution in [-0.2, 0) is 41.4 Å². The van der Waals surface area contributed by atoms with Crippen molar-refractivity contribution in [2.75, 3.05) is 6.61 Å². The summed E-state index contributed by atoms with van der Waals surface area (Å²) >= 11 is 0. The summed E-state index contributed by atoms with van der Waals surface area (Å²) in [5.41, 5.74) is 2.54. The van der Waals surface area contributed by atoms with Crippen molar-refractivity contribution >= 4 is 0 Å². The molecule has 33 heavy (non-hydrogen) atoms. The second-order valence-corrected chi connectivity index (χ2v) is 10.0. The van der Waals surface area contributed by atoms with Crippen molar-refractivity contribution in [1.82, 2.24) is 0 Å². The zero-order chi connectivity index (χ0) is 23.5. The van der Waals surface area contributed by atoms with Crippen LogP contribution >= 0.6 is 0 Å². The first-order valence-corrected chi connectivity index (χ1v) is 12.9. The van der Waals surface area contributed by atoms with E-state index in [0.717, 1.165) is 19.3 Å². The minimum absolute atomic E-state index is 0.212. The van der Waals surface area contributed by atoms with Crippen molar-refractivity contribution in [2.45, 2.75) is 128 Å². The van der Waals surface area contributed by atoms with Crippen LogP contribution in [0.3, 0.4) is 0 Å². The summed E-state index contributed by atoms with van der Waals surface area (Å²) in [6, 6.07) is 8.73. The number of aryl methyl sites for hydroxylation is 1. The second-order valence-electron chi connectivity index (χ2n) is 10.0. The van der Waals surface area contributed by atoms with E-state index < -0.39 is 17.9 Å². The standard InChI is InChI=1S/C27H42O6/c1-6-9-10-11-13-19-14-12-15-20(16-19)17-28-23-22(21-18-29-26(4,7-2)31-21)30-25-24(23)32-27(5,8-3)33-25/h12,14-16,21-25H,6-11,13,17-18H2,1-5H3/t21-,22-,23+,24-,25-,26?,27?/m1/s1. The van der Waals surface area contributed by atoms with Crippen LogP contribution < -0.4 is 0 Å². The molecule has 3 aliphatic heterocycles. The third-order valence-corrected chi connectivity index (χ3v) is 7.32. The van der Waals surface area contributed by atoms with Gasteiger partial charge in [0.25, 0.3) is 0 Å². The zero-order valence-electron chi connectivity index (χ0n) is 21.0. The molecule has 0 amide bonds. The largest absolute Gasteiger partial charge is 0.368 e. The van der Waals surface area contributed by atoms with Gasteiger partial charge in [-0.25, -0.2) is 0 Å². The van der Waals surface area contributed by atoms with E-state index in [9.17, 15) is 0 Å². The first-order valence-electron chi connectivity index (χ1n) is 12.9. The minimum atomic E-state index is -0.648. The highest BCUT2D eigenvalue weighted by Gasteiger charge is 2.59. The second kappa shape index (κ2) is 10.7. The fourth-order valence-electron chi connectivity index (χ4n) is 4.90. The van der Waals surface area contributed by atoms with E-state index in [-0.39, 0.29) is 24.4 Å². The van der Waals surface area contributed by atoms with Crippen molar-refractivity contribution in [3.05, 3.63) is 35.4 Å². The average Bonchev–Trinajstić information content (AvgIpc) is 3.47. The van der Waals surface area contributed by atoms with Crippen molar-refractivity contribution < 1.29 is 28.4 Å². The molecule has 6 nitrogen and oxygen atoms in total. The number of ether oxygens (including phenoxy) is 6. The predicted octanol–water partition coefficient (Wildman–Crippen LogP) is 5.50. The van der Waals surface area contributed by atoms with Gasteiger partial charge in [0.1, 0.15) is 24.4 Å². The van der Waals surface area contributed by atoms with E-state index in [1.807, 2.05) is 13.8 Å². The van der Waals surface area contributed by atoms with Crippen molar-refractivity contribution in [1.29, 1.82) is 0 Å². The lowest BCUT2D eigenvalue weighted by Gasteiger charge is -2.30. The lowest BCUT2D eigenvalue weighted by molar-refractivity contribution is -0.245. The molecule has 7 atom stereocenters. The topological polar surface area (TPSA) is 55.4 Å². The maximum absolute atomic E-state index is 6.50. The number of hydrogen-bond acceptors (Lipinski definition) is 6. The van der Waals surface area contributed by atoms with Crippen LogP contribution in [0.1, 0.15) is 84.3 Å². The van der Waals surface area contributed by atoms with Gasteiger partial charge in [-0.2, -0.15) is 0 Å². The molecule has 186 valence electrons. The molecule has 0 aromatic heterocycles. The normalized spacial score (nSPS) is 38.2. The lowest BCUT2D eigenvalue weighted by atomic mass is 10.0. The van der Waals surface area contributed by atoms with Crippen LogP contribution in [0.2, 0.25) is 0 Å². The monoisotopic (exact) mass is 462 g/mol. The molecule has 1 aromatic carbocycles. The van der Waals surface area contributed by atoms with Gasteiger partial charge in [-0.15, -0.1) is 0 Å². The summed E-state index contributed by atoms with van der Waals surface area (Å²) < 4.78 is 37.5. The summed E-state index contributed by atoms with van der Waals surface area (Å²) in [6.07, 6.45) is 6.19. The highest BCUT2D eigenvalue weighted by molar-refractivity contribution is 5.23. The summed E-state index contributed by atoms with van der Waals surface area (Å²) in [4.78, 5) is 0. The predicted molar refractivity (Wildman–Crippen MR) is 126 cm³/mol. The number of benzene rings is 1. The molecule has 6 heteroatoms. The minimum Gasteiger partial charge on any atom is -0.368 e. The van der Waals surface area contributed by atoms with Crippen LogP contribution in [-0.4, -0.2) is 48.9 Å². The molecule has 0 spiro atoms. The number of hydrogen-bond donors (Lipinski definition) is 0. The third-order valence-electron chi connectivity index (χ3n) is 7.32. The SMILES string of the molecule is CCCCCCc1cccc(CO[C@@H]2[C@H]3OC(C)(CC)O[C@H]3O[C@@H]2[C@H]2COC(C)(CC)O2)c1. The molecule has 3 fully saturated rings. The van der Waals surface area contributed by atoms with Gasteiger partial charge in [0.15, 0.2) is 17.9 Å². The summed E-state index contributed by atoms with van der Waals surface area (Å²) in [6.45, 7) is 11.3. The van der Waals surface area contributed by atoms with Gasteiger partial charge < -0.3 is 28.4 Å². The molecule has 0 N–H and O–H groups in total. The molecule has 3 saturated heterocycles. The van der Waals surface area contributed by atoms with Gasteiger partial charge in [-0.3, -0.25) is 0 Å². The Morgan fingerprint density at radius 1 is 0.909 bits per heavy atom. The van der Waals surface area contributed by atoms with E-state index in [0.29, 0.717) is 13.2 Å². The van der Waals surface area contributed by atoms with Crippen molar-refractivity contribution in [2.24, 2.45) is 0 Å². The van der Waals surface area contributed by atoms with Crippen LogP contribution in [0.25, 0.3) is 0 Å². The Balaban J connectivity index is 1.42. The number of fused-ring (bicyclic) bond motifs is 1. The average molecular weight is 463 g/mol. The summed E-state index contributed by atoms with van der Waals surface area (Å²) in [5, 5.41) is 0. The maximum Gasteiger partial charge on any atom is 0.190 e. The maximum atomic E-state index is 6.50. The molecular weight excluding hydrogens is 420 g/mol. The third kappa shape index (κ3) is 5.80. The fraction of sp³-hybridized carbons (Fsp3) is 0.778. The zero-order valence-corrected chi connectivity index (χ0v) is 21.0. The van der Waals surface area contributed by atoms with Gasteiger partial charge >= 0.3 is 0 Å². The molecule has 0 saturated carbocycles. The summed E-state index contributed by atoms with van der Waals surface area (Å²) in [5.74, 6) is -1.23. The quantitative estimate of drug-likeness (QED) is 0.405. The Morgan fingerprint density at radius 2 is 1.70 bits per heavy atom. The molecule has 1 aromatic rings. The van der Waals surface area contributed by atoms with E-state index in [1.165, 1.54) is 36.8 Å². The molecular formula is C27H42O6. The van der Waals surface area contributed by atoms with E-state index >= 15 is 0 Å². The van der Waals surface area contributed by atoms with E-state index in [1.54, 1.807) is 0 Å². The van der Waals surface area contributed by atoms with E-state index in [4.69, 9.17) is 28.4 Å². The smallest absolute Gasteiger partial charge is 0.190 e. The molecule has 0 bridgehead atoms. The van der Waals surface area contributed by atoms with Crippen LogP contribution in [0, 0.1) is 0 Å². The molecule has 3 aliphatic rings. The van der Waals surface area contributed by atoms with Gasteiger partial charge in [0.05, 0.1) is 13.2 Å².